The maximum Gasteiger partial charge on any atom is 0.236 e. The minimum atomic E-state index is 0.816. The van der Waals surface area contributed by atoms with Crippen LogP contribution in [0.1, 0.15) is 168 Å². The van der Waals surface area contributed by atoms with E-state index in [0.717, 1.165) is 24.2 Å². The molecule has 0 aliphatic rings. The van der Waals surface area contributed by atoms with Crippen molar-refractivity contribution in [3.63, 3.8) is 0 Å². The zero-order chi connectivity index (χ0) is 25.9. The molecule has 0 saturated carbocycles. The number of unbranched alkanes of at least 4 members (excludes halogenated alkanes) is 22. The molecule has 0 atom stereocenters. The fourth-order valence-corrected chi connectivity index (χ4v) is 5.53. The van der Waals surface area contributed by atoms with Gasteiger partial charge >= 0.3 is 0 Å². The van der Waals surface area contributed by atoms with Crippen LogP contribution in [-0.2, 0) is 0 Å². The molecule has 0 bridgehead atoms. The first-order valence-electron chi connectivity index (χ1n) is 16.1. The predicted octanol–water partition coefficient (Wildman–Crippen LogP) is 10.8. The van der Waals surface area contributed by atoms with Crippen LogP contribution >= 0.6 is 11.5 Å². The van der Waals surface area contributed by atoms with Gasteiger partial charge in [-0.1, -0.05) is 155 Å². The fraction of sp³-hybridized carbons (Fsp3) is 0.935. The van der Waals surface area contributed by atoms with Gasteiger partial charge in [0.15, 0.2) is 0 Å². The molecule has 1 rings (SSSR count). The summed E-state index contributed by atoms with van der Waals surface area (Å²) in [5.41, 5.74) is 0. The van der Waals surface area contributed by atoms with Gasteiger partial charge in [-0.05, 0) is 12.8 Å². The molecular formula is C31H62N4S. The minimum absolute atomic E-state index is 0.816. The third-order valence-electron chi connectivity index (χ3n) is 7.40. The van der Waals surface area contributed by atoms with Crippen LogP contribution in [0, 0.1) is 0 Å². The summed E-state index contributed by atoms with van der Waals surface area (Å²) in [7, 11) is 2.16. The monoisotopic (exact) mass is 522 g/mol. The van der Waals surface area contributed by atoms with Crippen LogP contribution in [0.25, 0.3) is 0 Å². The quantitative estimate of drug-likeness (QED) is 0.111. The normalized spacial score (nSPS) is 11.3. The number of aromatic nitrogens is 2. The van der Waals surface area contributed by atoms with E-state index in [2.05, 4.69) is 35.5 Å². The van der Waals surface area contributed by atoms with Gasteiger partial charge in [0.2, 0.25) is 11.1 Å². The number of anilines is 2. The molecule has 1 aromatic heterocycles. The summed E-state index contributed by atoms with van der Waals surface area (Å²) in [6.45, 7) is 6.66. The Morgan fingerprint density at radius 1 is 0.556 bits per heavy atom. The van der Waals surface area contributed by atoms with E-state index in [9.17, 15) is 0 Å². The average molecular weight is 523 g/mol. The second-order valence-corrected chi connectivity index (χ2v) is 11.8. The van der Waals surface area contributed by atoms with Gasteiger partial charge in [-0.3, -0.25) is 0 Å². The first-order valence-corrected chi connectivity index (χ1v) is 16.8. The minimum Gasteiger partial charge on any atom is -0.353 e. The molecule has 0 fully saturated rings. The number of hydrogen-bond donors (Lipinski definition) is 1. The second kappa shape index (κ2) is 25.8. The van der Waals surface area contributed by atoms with Gasteiger partial charge in [0.05, 0.1) is 0 Å². The summed E-state index contributed by atoms with van der Waals surface area (Å²) in [5, 5.41) is 4.47. The molecule has 0 spiro atoms. The molecule has 0 aromatic carbocycles. The Labute approximate surface area is 230 Å². The van der Waals surface area contributed by atoms with Crippen molar-refractivity contribution in [3.05, 3.63) is 0 Å². The molecule has 4 nitrogen and oxygen atoms in total. The van der Waals surface area contributed by atoms with Crippen LogP contribution in [0.4, 0.5) is 11.1 Å². The predicted molar refractivity (Wildman–Crippen MR) is 164 cm³/mol. The molecule has 0 unspecified atom stereocenters. The first-order chi connectivity index (χ1) is 17.8. The summed E-state index contributed by atoms with van der Waals surface area (Å²) in [6, 6.07) is 0. The SMILES string of the molecule is CCCCCCCCCCCCCCCCCCN(C)c1nc(NCCCCCCCCCC)ns1. The van der Waals surface area contributed by atoms with Crippen LogP contribution < -0.4 is 10.2 Å². The molecule has 0 radical (unpaired) electrons. The first kappa shape index (κ1) is 33.2. The summed E-state index contributed by atoms with van der Waals surface area (Å²) in [5.74, 6) is 0.816. The van der Waals surface area contributed by atoms with E-state index < -0.39 is 0 Å². The molecule has 1 N–H and O–H groups in total. The van der Waals surface area contributed by atoms with Crippen LogP contribution in [0.15, 0.2) is 0 Å². The summed E-state index contributed by atoms with van der Waals surface area (Å²) in [4.78, 5) is 6.97. The Morgan fingerprint density at radius 3 is 1.39 bits per heavy atom. The van der Waals surface area contributed by atoms with Crippen LogP contribution in [0.2, 0.25) is 0 Å². The highest BCUT2D eigenvalue weighted by molar-refractivity contribution is 7.09. The molecular weight excluding hydrogens is 460 g/mol. The Hall–Kier alpha value is -0.840. The van der Waals surface area contributed by atoms with Gasteiger partial charge in [0, 0.05) is 31.7 Å². The highest BCUT2D eigenvalue weighted by Gasteiger charge is 2.08. The van der Waals surface area contributed by atoms with Gasteiger partial charge in [-0.25, -0.2) is 0 Å². The lowest BCUT2D eigenvalue weighted by Crippen LogP contribution is -2.18. The van der Waals surface area contributed by atoms with E-state index in [4.69, 9.17) is 4.98 Å². The van der Waals surface area contributed by atoms with E-state index in [-0.39, 0.29) is 0 Å². The third kappa shape index (κ3) is 20.2. The van der Waals surface area contributed by atoms with Crippen molar-refractivity contribution in [3.8, 4) is 0 Å². The molecule has 0 aliphatic carbocycles. The van der Waals surface area contributed by atoms with E-state index >= 15 is 0 Å². The summed E-state index contributed by atoms with van der Waals surface area (Å²) >= 11 is 1.53. The van der Waals surface area contributed by atoms with Gasteiger partial charge in [0.25, 0.3) is 0 Å². The molecule has 1 aromatic rings. The molecule has 1 heterocycles. The largest absolute Gasteiger partial charge is 0.353 e. The standard InChI is InChI=1S/C31H62N4S/c1-4-6-8-10-12-14-15-16-17-18-19-20-21-23-25-27-29-35(3)31-33-30(34-36-31)32-28-26-24-22-13-11-9-7-5-2/h4-29H2,1-3H3,(H,32,34). The lowest BCUT2D eigenvalue weighted by molar-refractivity contribution is 0.529. The lowest BCUT2D eigenvalue weighted by atomic mass is 10.0. The van der Waals surface area contributed by atoms with Crippen molar-refractivity contribution in [2.24, 2.45) is 0 Å². The van der Waals surface area contributed by atoms with Crippen molar-refractivity contribution < 1.29 is 0 Å². The van der Waals surface area contributed by atoms with E-state index in [1.54, 1.807) is 0 Å². The van der Waals surface area contributed by atoms with E-state index in [0.29, 0.717) is 0 Å². The van der Waals surface area contributed by atoms with Gasteiger partial charge in [0.1, 0.15) is 0 Å². The maximum absolute atomic E-state index is 4.69. The zero-order valence-corrected chi connectivity index (χ0v) is 25.5. The Balaban J connectivity index is 1.88. The van der Waals surface area contributed by atoms with Gasteiger partial charge in [-0.2, -0.15) is 9.36 Å². The Morgan fingerprint density at radius 2 is 0.944 bits per heavy atom. The number of rotatable bonds is 28. The van der Waals surface area contributed by atoms with E-state index in [1.807, 2.05) is 0 Å². The van der Waals surface area contributed by atoms with Gasteiger partial charge < -0.3 is 10.2 Å². The maximum atomic E-state index is 4.69. The number of nitrogens with one attached hydrogen (secondary N) is 1. The van der Waals surface area contributed by atoms with Crippen molar-refractivity contribution in [2.75, 3.05) is 30.4 Å². The van der Waals surface area contributed by atoms with Crippen molar-refractivity contribution in [2.45, 2.75) is 168 Å². The molecule has 0 aliphatic heterocycles. The number of hydrogen-bond acceptors (Lipinski definition) is 5. The van der Waals surface area contributed by atoms with Crippen molar-refractivity contribution in [1.29, 1.82) is 0 Å². The highest BCUT2D eigenvalue weighted by atomic mass is 32.1. The van der Waals surface area contributed by atoms with E-state index in [1.165, 1.54) is 166 Å². The number of nitrogens with zero attached hydrogens (tertiary/aromatic N) is 3. The van der Waals surface area contributed by atoms with Crippen LogP contribution in [0.3, 0.4) is 0 Å². The average Bonchev–Trinajstić information content (AvgIpc) is 3.36. The second-order valence-electron chi connectivity index (χ2n) is 11.0. The van der Waals surface area contributed by atoms with Crippen LogP contribution in [0.5, 0.6) is 0 Å². The zero-order valence-electron chi connectivity index (χ0n) is 24.6. The Kier molecular flexibility index (Phi) is 23.8. The molecule has 36 heavy (non-hydrogen) atoms. The summed E-state index contributed by atoms with van der Waals surface area (Å²) < 4.78 is 4.51. The Bertz CT molecular complexity index is 563. The summed E-state index contributed by atoms with van der Waals surface area (Å²) in [6.07, 6.45) is 33.6. The smallest absolute Gasteiger partial charge is 0.236 e. The third-order valence-corrected chi connectivity index (χ3v) is 8.23. The lowest BCUT2D eigenvalue weighted by Gasteiger charge is -2.14. The topological polar surface area (TPSA) is 41.1 Å². The molecule has 0 saturated heterocycles. The molecule has 5 heteroatoms. The van der Waals surface area contributed by atoms with Crippen molar-refractivity contribution in [1.82, 2.24) is 9.36 Å². The fourth-order valence-electron chi connectivity index (χ4n) is 4.89. The molecule has 0 amide bonds. The highest BCUT2D eigenvalue weighted by Crippen LogP contribution is 2.20. The van der Waals surface area contributed by atoms with Crippen LogP contribution in [-0.4, -0.2) is 29.5 Å². The van der Waals surface area contributed by atoms with Gasteiger partial charge in [-0.15, -0.1) is 0 Å². The van der Waals surface area contributed by atoms with Crippen molar-refractivity contribution >= 4 is 22.6 Å². The molecule has 212 valence electrons.